The van der Waals surface area contributed by atoms with E-state index in [1.165, 1.54) is 71.8 Å². The van der Waals surface area contributed by atoms with Crippen LogP contribution in [0.1, 0.15) is 25.0 Å². The molecule has 0 bridgehead atoms. The van der Waals surface area contributed by atoms with Crippen LogP contribution in [0.3, 0.4) is 0 Å². The van der Waals surface area contributed by atoms with E-state index in [0.29, 0.717) is 5.82 Å². The summed E-state index contributed by atoms with van der Waals surface area (Å²) >= 11 is 0. The van der Waals surface area contributed by atoms with Gasteiger partial charge in [0.15, 0.2) is 5.82 Å². The van der Waals surface area contributed by atoms with E-state index in [-0.39, 0.29) is 5.41 Å². The van der Waals surface area contributed by atoms with E-state index in [1.807, 2.05) is 0 Å². The van der Waals surface area contributed by atoms with Gasteiger partial charge < -0.3 is 0 Å². The van der Waals surface area contributed by atoms with Crippen LogP contribution in [-0.4, -0.2) is 9.97 Å². The zero-order valence-corrected chi connectivity index (χ0v) is 33.0. The molecule has 2 nitrogen and oxygen atoms in total. The predicted molar refractivity (Wildman–Crippen MR) is 247 cm³/mol. The third-order valence-electron chi connectivity index (χ3n) is 12.3. The first-order valence-corrected chi connectivity index (χ1v) is 20.4. The Morgan fingerprint density at radius 1 is 0.305 bits per heavy atom. The fourth-order valence-corrected chi connectivity index (χ4v) is 9.49. The lowest BCUT2D eigenvalue weighted by Gasteiger charge is -2.26. The topological polar surface area (TPSA) is 25.8 Å². The van der Waals surface area contributed by atoms with Crippen molar-refractivity contribution in [3.63, 3.8) is 0 Å². The third kappa shape index (κ3) is 5.87. The fourth-order valence-electron chi connectivity index (χ4n) is 9.49. The number of hydrogen-bond acceptors (Lipinski definition) is 2. The smallest absolute Gasteiger partial charge is 0.161 e. The van der Waals surface area contributed by atoms with Gasteiger partial charge in [-0.15, -0.1) is 0 Å². The molecule has 0 fully saturated rings. The van der Waals surface area contributed by atoms with E-state index >= 15 is 0 Å². The van der Waals surface area contributed by atoms with Crippen molar-refractivity contribution < 1.29 is 0 Å². The maximum absolute atomic E-state index is 5.35. The number of benzene rings is 9. The lowest BCUT2D eigenvalue weighted by Crippen LogP contribution is -2.17. The van der Waals surface area contributed by atoms with Gasteiger partial charge in [0.05, 0.1) is 11.4 Å². The van der Waals surface area contributed by atoms with E-state index in [4.69, 9.17) is 9.97 Å². The van der Waals surface area contributed by atoms with Crippen LogP contribution in [0.2, 0.25) is 0 Å². The van der Waals surface area contributed by atoms with Crippen molar-refractivity contribution in [3.05, 3.63) is 217 Å². The summed E-state index contributed by atoms with van der Waals surface area (Å²) < 4.78 is 0. The molecule has 1 aliphatic rings. The lowest BCUT2D eigenvalue weighted by atomic mass is 9.77. The first-order valence-electron chi connectivity index (χ1n) is 20.4. The molecule has 10 aromatic rings. The average molecular weight is 753 g/mol. The Hall–Kier alpha value is -7.42. The van der Waals surface area contributed by atoms with E-state index < -0.39 is 0 Å². The molecule has 0 N–H and O–H groups in total. The Morgan fingerprint density at radius 3 is 1.32 bits per heavy atom. The van der Waals surface area contributed by atoms with E-state index in [1.54, 1.807) is 0 Å². The maximum atomic E-state index is 5.35. The highest BCUT2D eigenvalue weighted by molar-refractivity contribution is 6.07. The van der Waals surface area contributed by atoms with Crippen molar-refractivity contribution in [1.29, 1.82) is 0 Å². The second-order valence-corrected chi connectivity index (χ2v) is 16.1. The Kier molecular flexibility index (Phi) is 8.20. The van der Waals surface area contributed by atoms with Gasteiger partial charge in [0.2, 0.25) is 0 Å². The van der Waals surface area contributed by atoms with Crippen molar-refractivity contribution in [2.45, 2.75) is 19.3 Å². The van der Waals surface area contributed by atoms with Gasteiger partial charge >= 0.3 is 0 Å². The highest BCUT2D eigenvalue weighted by atomic mass is 14.9. The quantitative estimate of drug-likeness (QED) is 0.169. The molecule has 0 aliphatic heterocycles. The van der Waals surface area contributed by atoms with Crippen molar-refractivity contribution in [2.75, 3.05) is 0 Å². The van der Waals surface area contributed by atoms with Gasteiger partial charge in [-0.2, -0.15) is 0 Å². The Bertz CT molecular complexity index is 3100. The van der Waals surface area contributed by atoms with Gasteiger partial charge in [0.25, 0.3) is 0 Å². The molecule has 0 saturated heterocycles. The third-order valence-corrected chi connectivity index (χ3v) is 12.3. The van der Waals surface area contributed by atoms with Gasteiger partial charge in [-0.3, -0.25) is 0 Å². The summed E-state index contributed by atoms with van der Waals surface area (Å²) in [5.41, 5.74) is 17.3. The molecule has 2 heteroatoms. The largest absolute Gasteiger partial charge is 0.228 e. The molecule has 0 spiro atoms. The number of fused-ring (bicyclic) bond motifs is 6. The molecule has 0 amide bonds. The number of hydrogen-bond donors (Lipinski definition) is 0. The van der Waals surface area contributed by atoms with Gasteiger partial charge in [0.1, 0.15) is 0 Å². The standard InChI is InChI=1S/C57H40N2/c1-57(2)54-44-19-10-9-18-41(44)32-33-50(54)49-23-13-22-48(55(49)57)47-34-35-51(46-21-12-11-20-45(46)47)56-58-52(42-28-24-39(25-29-42)37-14-5-3-6-15-37)36-53(59-56)43-30-26-40(27-31-43)38-16-7-4-8-17-38/h3-36H,1-2H3. The second kappa shape index (κ2) is 13.9. The van der Waals surface area contributed by atoms with E-state index in [0.717, 1.165) is 33.5 Å². The van der Waals surface area contributed by atoms with E-state index in [9.17, 15) is 0 Å². The van der Waals surface area contributed by atoms with Crippen LogP contribution in [0, 0.1) is 0 Å². The summed E-state index contributed by atoms with van der Waals surface area (Å²) in [4.78, 5) is 10.7. The van der Waals surface area contributed by atoms with Gasteiger partial charge in [-0.05, 0) is 89.3 Å². The van der Waals surface area contributed by atoms with Gasteiger partial charge in [0, 0.05) is 22.1 Å². The zero-order chi connectivity index (χ0) is 39.5. The van der Waals surface area contributed by atoms with Crippen molar-refractivity contribution in [3.8, 4) is 78.4 Å². The maximum Gasteiger partial charge on any atom is 0.161 e. The Balaban J connectivity index is 1.06. The second-order valence-electron chi connectivity index (χ2n) is 16.1. The molecular weight excluding hydrogens is 713 g/mol. The highest BCUT2D eigenvalue weighted by Crippen LogP contribution is 2.55. The minimum absolute atomic E-state index is 0.194. The molecule has 0 unspecified atom stereocenters. The van der Waals surface area contributed by atoms with E-state index in [2.05, 4.69) is 220 Å². The predicted octanol–water partition coefficient (Wildman–Crippen LogP) is 15.1. The summed E-state index contributed by atoms with van der Waals surface area (Å²) in [5, 5.41) is 4.92. The van der Waals surface area contributed by atoms with Crippen molar-refractivity contribution in [2.24, 2.45) is 0 Å². The molecule has 11 rings (SSSR count). The highest BCUT2D eigenvalue weighted by Gasteiger charge is 2.39. The van der Waals surface area contributed by atoms with Crippen LogP contribution < -0.4 is 0 Å². The Labute approximate surface area is 345 Å². The number of aromatic nitrogens is 2. The van der Waals surface area contributed by atoms with Crippen LogP contribution >= 0.6 is 0 Å². The Morgan fingerprint density at radius 2 is 0.729 bits per heavy atom. The summed E-state index contributed by atoms with van der Waals surface area (Å²) in [5.74, 6) is 0.706. The summed E-state index contributed by atoms with van der Waals surface area (Å²) in [6.45, 7) is 4.79. The molecule has 59 heavy (non-hydrogen) atoms. The van der Waals surface area contributed by atoms with Crippen molar-refractivity contribution >= 4 is 21.5 Å². The molecule has 0 atom stereocenters. The minimum Gasteiger partial charge on any atom is -0.228 e. The summed E-state index contributed by atoms with van der Waals surface area (Å²) in [7, 11) is 0. The summed E-state index contributed by atoms with van der Waals surface area (Å²) in [6, 6.07) is 74.1. The molecule has 278 valence electrons. The minimum atomic E-state index is -0.194. The fraction of sp³-hybridized carbons (Fsp3) is 0.0526. The van der Waals surface area contributed by atoms with Crippen LogP contribution in [0.25, 0.3) is 100.0 Å². The molecule has 1 heterocycles. The molecule has 9 aromatic carbocycles. The van der Waals surface area contributed by atoms with Crippen LogP contribution in [0.5, 0.6) is 0 Å². The number of rotatable bonds is 6. The average Bonchev–Trinajstić information content (AvgIpc) is 3.55. The van der Waals surface area contributed by atoms with Gasteiger partial charge in [-0.1, -0.05) is 208 Å². The first kappa shape index (κ1) is 34.8. The zero-order valence-electron chi connectivity index (χ0n) is 33.0. The normalized spacial score (nSPS) is 12.7. The van der Waals surface area contributed by atoms with Crippen LogP contribution in [0.15, 0.2) is 206 Å². The molecule has 1 aliphatic carbocycles. The SMILES string of the molecule is CC1(C)c2c(cccc2-c2ccc(-c3nc(-c4ccc(-c5ccccc5)cc4)cc(-c4ccc(-c5ccccc5)cc4)n3)c3ccccc23)-c2ccc3ccccc3c21. The van der Waals surface area contributed by atoms with Crippen LogP contribution in [0.4, 0.5) is 0 Å². The molecule has 0 saturated carbocycles. The van der Waals surface area contributed by atoms with Gasteiger partial charge in [-0.25, -0.2) is 9.97 Å². The monoisotopic (exact) mass is 752 g/mol. The van der Waals surface area contributed by atoms with Crippen molar-refractivity contribution in [1.82, 2.24) is 9.97 Å². The lowest BCUT2D eigenvalue weighted by molar-refractivity contribution is 0.668. The molecule has 1 aromatic heterocycles. The summed E-state index contributed by atoms with van der Waals surface area (Å²) in [6.07, 6.45) is 0. The molecular formula is C57H40N2. The first-order chi connectivity index (χ1) is 29.0. The molecule has 0 radical (unpaired) electrons. The van der Waals surface area contributed by atoms with Crippen LogP contribution in [-0.2, 0) is 5.41 Å². The number of nitrogens with zero attached hydrogens (tertiary/aromatic N) is 2.